The summed E-state index contributed by atoms with van der Waals surface area (Å²) in [6, 6.07) is 15.9. The van der Waals surface area contributed by atoms with Gasteiger partial charge in [-0.25, -0.2) is 0 Å². The molecule has 2 aromatic rings. The molecule has 4 nitrogen and oxygen atoms in total. The standard InChI is InChI=1S/C26H36N2O2/c1-6-22-11-13-23(14-12-22)15-16-25(29)28(18-24-10-8-7-9-20(24)4)21(5)26(30)27-17-19(2)3/h7-14,19,21H,6,15-18H2,1-5H3,(H,27,30)/t21-/m0/s1. The highest BCUT2D eigenvalue weighted by molar-refractivity contribution is 5.87. The lowest BCUT2D eigenvalue weighted by Crippen LogP contribution is -2.48. The molecule has 2 rings (SSSR count). The third-order valence-electron chi connectivity index (χ3n) is 5.51. The van der Waals surface area contributed by atoms with Crippen LogP contribution in [-0.4, -0.2) is 29.3 Å². The van der Waals surface area contributed by atoms with E-state index in [9.17, 15) is 9.59 Å². The maximum atomic E-state index is 13.2. The van der Waals surface area contributed by atoms with Crippen molar-refractivity contribution in [2.75, 3.05) is 6.54 Å². The van der Waals surface area contributed by atoms with Crippen molar-refractivity contribution in [2.45, 2.75) is 66.5 Å². The maximum Gasteiger partial charge on any atom is 0.242 e. The lowest BCUT2D eigenvalue weighted by atomic mass is 10.0. The number of carbonyl (C=O) groups excluding carboxylic acids is 2. The molecule has 0 unspecified atom stereocenters. The van der Waals surface area contributed by atoms with Crippen molar-refractivity contribution >= 4 is 11.8 Å². The number of amides is 2. The van der Waals surface area contributed by atoms with E-state index in [1.807, 2.05) is 38.1 Å². The molecule has 0 fully saturated rings. The molecule has 0 aromatic heterocycles. The van der Waals surface area contributed by atoms with E-state index in [1.54, 1.807) is 4.90 Å². The van der Waals surface area contributed by atoms with Crippen LogP contribution in [0.25, 0.3) is 0 Å². The number of carbonyl (C=O) groups is 2. The quantitative estimate of drug-likeness (QED) is 0.620. The van der Waals surface area contributed by atoms with Crippen molar-refractivity contribution in [3.05, 3.63) is 70.8 Å². The average Bonchev–Trinajstić information content (AvgIpc) is 2.75. The minimum Gasteiger partial charge on any atom is -0.354 e. The van der Waals surface area contributed by atoms with Gasteiger partial charge in [0.15, 0.2) is 0 Å². The van der Waals surface area contributed by atoms with E-state index in [2.05, 4.69) is 50.4 Å². The van der Waals surface area contributed by atoms with Gasteiger partial charge in [-0.1, -0.05) is 69.3 Å². The van der Waals surface area contributed by atoms with Gasteiger partial charge in [-0.15, -0.1) is 0 Å². The van der Waals surface area contributed by atoms with Gasteiger partial charge in [-0.2, -0.15) is 0 Å². The fourth-order valence-electron chi connectivity index (χ4n) is 3.34. The summed E-state index contributed by atoms with van der Waals surface area (Å²) in [6.45, 7) is 11.2. The number of hydrogen-bond donors (Lipinski definition) is 1. The summed E-state index contributed by atoms with van der Waals surface area (Å²) < 4.78 is 0. The van der Waals surface area contributed by atoms with Crippen molar-refractivity contribution in [3.63, 3.8) is 0 Å². The van der Waals surface area contributed by atoms with Crippen molar-refractivity contribution in [2.24, 2.45) is 5.92 Å². The molecule has 2 aromatic carbocycles. The van der Waals surface area contributed by atoms with Gasteiger partial charge in [0.2, 0.25) is 11.8 Å². The second-order valence-corrected chi connectivity index (χ2v) is 8.43. The molecule has 0 spiro atoms. The number of hydrogen-bond acceptors (Lipinski definition) is 2. The van der Waals surface area contributed by atoms with Crippen LogP contribution in [0.4, 0.5) is 0 Å². The zero-order valence-corrected chi connectivity index (χ0v) is 19.1. The lowest BCUT2D eigenvalue weighted by molar-refractivity contribution is -0.140. The number of nitrogens with zero attached hydrogens (tertiary/aromatic N) is 1. The molecular formula is C26H36N2O2. The van der Waals surface area contributed by atoms with Gasteiger partial charge >= 0.3 is 0 Å². The Labute approximate surface area is 181 Å². The van der Waals surface area contributed by atoms with E-state index < -0.39 is 6.04 Å². The van der Waals surface area contributed by atoms with E-state index in [4.69, 9.17) is 0 Å². The van der Waals surface area contributed by atoms with Crippen molar-refractivity contribution in [1.29, 1.82) is 0 Å². The van der Waals surface area contributed by atoms with Gasteiger partial charge in [0, 0.05) is 19.5 Å². The Kier molecular flexibility index (Phi) is 9.10. The van der Waals surface area contributed by atoms with Gasteiger partial charge < -0.3 is 10.2 Å². The summed E-state index contributed by atoms with van der Waals surface area (Å²) in [4.78, 5) is 27.6. The van der Waals surface area contributed by atoms with Gasteiger partial charge in [0.1, 0.15) is 6.04 Å². The summed E-state index contributed by atoms with van der Waals surface area (Å²) in [7, 11) is 0. The molecule has 0 aliphatic heterocycles. The van der Waals surface area contributed by atoms with Crippen molar-refractivity contribution < 1.29 is 9.59 Å². The van der Waals surface area contributed by atoms with E-state index in [0.717, 1.165) is 23.1 Å². The van der Waals surface area contributed by atoms with Gasteiger partial charge in [0.25, 0.3) is 0 Å². The van der Waals surface area contributed by atoms with Crippen LogP contribution in [-0.2, 0) is 29.0 Å². The van der Waals surface area contributed by atoms with E-state index in [1.165, 1.54) is 5.56 Å². The van der Waals surface area contributed by atoms with Crippen LogP contribution in [0.1, 0.15) is 56.4 Å². The zero-order valence-electron chi connectivity index (χ0n) is 19.1. The van der Waals surface area contributed by atoms with Crippen LogP contribution in [0.2, 0.25) is 0 Å². The average molecular weight is 409 g/mol. The molecule has 1 N–H and O–H groups in total. The molecule has 162 valence electrons. The summed E-state index contributed by atoms with van der Waals surface area (Å²) in [5, 5.41) is 2.97. The summed E-state index contributed by atoms with van der Waals surface area (Å²) in [5.74, 6) is 0.274. The fraction of sp³-hybridized carbons (Fsp3) is 0.462. The SMILES string of the molecule is CCc1ccc(CCC(=O)N(Cc2ccccc2C)[C@@H](C)C(=O)NCC(C)C)cc1. The molecule has 0 aliphatic carbocycles. The molecule has 0 saturated heterocycles. The zero-order chi connectivity index (χ0) is 22.1. The Balaban J connectivity index is 2.12. The lowest BCUT2D eigenvalue weighted by Gasteiger charge is -2.29. The third kappa shape index (κ3) is 7.01. The van der Waals surface area contributed by atoms with Crippen LogP contribution >= 0.6 is 0 Å². The Morgan fingerprint density at radius 1 is 0.967 bits per heavy atom. The largest absolute Gasteiger partial charge is 0.354 e. The van der Waals surface area contributed by atoms with Crippen LogP contribution in [0.3, 0.4) is 0 Å². The van der Waals surface area contributed by atoms with Gasteiger partial charge in [-0.3, -0.25) is 9.59 Å². The smallest absolute Gasteiger partial charge is 0.242 e. The first-order valence-electron chi connectivity index (χ1n) is 11.0. The molecular weight excluding hydrogens is 372 g/mol. The fourth-order valence-corrected chi connectivity index (χ4v) is 3.34. The second kappa shape index (κ2) is 11.5. The molecule has 0 radical (unpaired) electrons. The number of rotatable bonds is 10. The highest BCUT2D eigenvalue weighted by atomic mass is 16.2. The number of aryl methyl sites for hydroxylation is 3. The number of nitrogens with one attached hydrogen (secondary N) is 1. The first-order valence-corrected chi connectivity index (χ1v) is 11.0. The molecule has 4 heteroatoms. The normalized spacial score (nSPS) is 11.9. The summed E-state index contributed by atoms with van der Waals surface area (Å²) in [6.07, 6.45) is 2.07. The Morgan fingerprint density at radius 2 is 1.60 bits per heavy atom. The summed E-state index contributed by atoms with van der Waals surface area (Å²) in [5.41, 5.74) is 4.64. The third-order valence-corrected chi connectivity index (χ3v) is 5.51. The first-order chi connectivity index (χ1) is 14.3. The molecule has 0 aliphatic rings. The van der Waals surface area contributed by atoms with E-state index in [0.29, 0.717) is 31.8 Å². The Morgan fingerprint density at radius 3 is 2.20 bits per heavy atom. The molecule has 0 saturated carbocycles. The summed E-state index contributed by atoms with van der Waals surface area (Å²) >= 11 is 0. The highest BCUT2D eigenvalue weighted by Gasteiger charge is 2.26. The predicted octanol–water partition coefficient (Wildman–Crippen LogP) is 4.68. The topological polar surface area (TPSA) is 49.4 Å². The van der Waals surface area contributed by atoms with Crippen LogP contribution in [0.15, 0.2) is 48.5 Å². The molecule has 0 bridgehead atoms. The van der Waals surface area contributed by atoms with E-state index >= 15 is 0 Å². The Bertz CT molecular complexity index is 827. The van der Waals surface area contributed by atoms with Gasteiger partial charge in [-0.05, 0) is 54.9 Å². The van der Waals surface area contributed by atoms with E-state index in [-0.39, 0.29) is 11.8 Å². The molecule has 2 amide bonds. The molecule has 0 heterocycles. The monoisotopic (exact) mass is 408 g/mol. The van der Waals surface area contributed by atoms with Crippen LogP contribution in [0.5, 0.6) is 0 Å². The second-order valence-electron chi connectivity index (χ2n) is 8.43. The molecule has 30 heavy (non-hydrogen) atoms. The predicted molar refractivity (Wildman–Crippen MR) is 123 cm³/mol. The van der Waals surface area contributed by atoms with Crippen LogP contribution < -0.4 is 5.32 Å². The minimum atomic E-state index is -0.515. The van der Waals surface area contributed by atoms with Crippen molar-refractivity contribution in [3.8, 4) is 0 Å². The number of benzene rings is 2. The minimum absolute atomic E-state index is 0.00465. The van der Waals surface area contributed by atoms with Gasteiger partial charge in [0.05, 0.1) is 0 Å². The first kappa shape index (κ1) is 23.7. The Hall–Kier alpha value is -2.62. The van der Waals surface area contributed by atoms with Crippen LogP contribution in [0, 0.1) is 12.8 Å². The highest BCUT2D eigenvalue weighted by Crippen LogP contribution is 2.16. The maximum absolute atomic E-state index is 13.2. The van der Waals surface area contributed by atoms with Crippen molar-refractivity contribution in [1.82, 2.24) is 10.2 Å². The molecule has 1 atom stereocenters.